The summed E-state index contributed by atoms with van der Waals surface area (Å²) in [4.78, 5) is 4.33. The lowest BCUT2D eigenvalue weighted by Gasteiger charge is -2.37. The molecular formula is C16H26N2S. The Morgan fingerprint density at radius 1 is 1.37 bits per heavy atom. The summed E-state index contributed by atoms with van der Waals surface area (Å²) in [5.74, 6) is 0. The molecule has 2 nitrogen and oxygen atoms in total. The van der Waals surface area contributed by atoms with Crippen molar-refractivity contribution in [2.75, 3.05) is 26.2 Å². The molecule has 1 aromatic rings. The van der Waals surface area contributed by atoms with Gasteiger partial charge in [0.25, 0.3) is 0 Å². The fraction of sp³-hybridized carbons (Fsp3) is 0.750. The standard InChI is InChI=1S/C16H26N2S/c1-2-17-12-16(7-3-4-8-16)13-18-9-5-15-14(11-18)6-10-19-15/h6,10,17H,2-5,7-9,11-13H2,1H3. The Hall–Kier alpha value is -0.380. The van der Waals surface area contributed by atoms with Gasteiger partial charge in [0.05, 0.1) is 0 Å². The Kier molecular flexibility index (Phi) is 4.25. The fourth-order valence-corrected chi connectivity index (χ4v) is 4.71. The highest BCUT2D eigenvalue weighted by atomic mass is 32.1. The van der Waals surface area contributed by atoms with Crippen molar-refractivity contribution in [1.82, 2.24) is 10.2 Å². The van der Waals surface area contributed by atoms with Crippen molar-refractivity contribution in [3.05, 3.63) is 21.9 Å². The summed E-state index contributed by atoms with van der Waals surface area (Å²) < 4.78 is 0. The van der Waals surface area contributed by atoms with Gasteiger partial charge in [-0.2, -0.15) is 0 Å². The molecule has 0 atom stereocenters. The van der Waals surface area contributed by atoms with Crippen LogP contribution in [0, 0.1) is 5.41 Å². The first kappa shape index (κ1) is 13.6. The number of nitrogens with one attached hydrogen (secondary N) is 1. The van der Waals surface area contributed by atoms with E-state index >= 15 is 0 Å². The molecular weight excluding hydrogens is 252 g/mol. The van der Waals surface area contributed by atoms with Gasteiger partial charge in [-0.1, -0.05) is 19.8 Å². The van der Waals surface area contributed by atoms with Crippen molar-refractivity contribution in [3.8, 4) is 0 Å². The van der Waals surface area contributed by atoms with Gasteiger partial charge in [-0.25, -0.2) is 0 Å². The molecule has 1 saturated carbocycles. The summed E-state index contributed by atoms with van der Waals surface area (Å²) in [6.07, 6.45) is 6.98. The Morgan fingerprint density at radius 3 is 3.00 bits per heavy atom. The third-order valence-corrected chi connectivity index (χ3v) is 5.88. The summed E-state index contributed by atoms with van der Waals surface area (Å²) >= 11 is 1.94. The maximum atomic E-state index is 3.61. The fourth-order valence-electron chi connectivity index (χ4n) is 3.82. The lowest BCUT2D eigenvalue weighted by Crippen LogP contribution is -2.44. The van der Waals surface area contributed by atoms with E-state index in [1.807, 2.05) is 11.3 Å². The van der Waals surface area contributed by atoms with Crippen molar-refractivity contribution in [2.45, 2.75) is 45.6 Å². The largest absolute Gasteiger partial charge is 0.316 e. The highest BCUT2D eigenvalue weighted by molar-refractivity contribution is 7.10. The molecule has 3 heteroatoms. The van der Waals surface area contributed by atoms with Gasteiger partial charge < -0.3 is 5.32 Å². The Balaban J connectivity index is 1.63. The molecule has 0 aromatic carbocycles. The van der Waals surface area contributed by atoms with Gasteiger partial charge >= 0.3 is 0 Å². The van der Waals surface area contributed by atoms with Crippen LogP contribution in [0.2, 0.25) is 0 Å². The molecule has 0 bridgehead atoms. The molecule has 1 aromatic heterocycles. The molecule has 3 rings (SSSR count). The Labute approximate surface area is 121 Å². The number of rotatable bonds is 5. The van der Waals surface area contributed by atoms with Crippen LogP contribution in [-0.4, -0.2) is 31.1 Å². The van der Waals surface area contributed by atoms with E-state index in [0.717, 1.165) is 6.54 Å². The van der Waals surface area contributed by atoms with Crippen molar-refractivity contribution in [3.63, 3.8) is 0 Å². The predicted octanol–water partition coefficient (Wildman–Crippen LogP) is 3.28. The maximum absolute atomic E-state index is 3.61. The minimum Gasteiger partial charge on any atom is -0.316 e. The Bertz CT molecular complexity index is 407. The molecule has 0 spiro atoms. The molecule has 0 unspecified atom stereocenters. The van der Waals surface area contributed by atoms with Crippen LogP contribution in [0.5, 0.6) is 0 Å². The number of thiophene rings is 1. The molecule has 0 radical (unpaired) electrons. The smallest absolute Gasteiger partial charge is 0.0245 e. The maximum Gasteiger partial charge on any atom is 0.0245 e. The zero-order valence-electron chi connectivity index (χ0n) is 12.1. The van der Waals surface area contributed by atoms with E-state index in [0.29, 0.717) is 5.41 Å². The topological polar surface area (TPSA) is 15.3 Å². The molecule has 0 saturated heterocycles. The van der Waals surface area contributed by atoms with Crippen LogP contribution in [0.4, 0.5) is 0 Å². The summed E-state index contributed by atoms with van der Waals surface area (Å²) in [7, 11) is 0. The first-order valence-corrected chi connectivity index (χ1v) is 8.68. The zero-order valence-corrected chi connectivity index (χ0v) is 12.9. The molecule has 2 aliphatic rings. The SMILES string of the molecule is CCNCC1(CN2CCc3sccc3C2)CCCC1. The van der Waals surface area contributed by atoms with Gasteiger partial charge in [-0.3, -0.25) is 4.90 Å². The summed E-state index contributed by atoms with van der Waals surface area (Å²) in [5, 5.41) is 5.87. The normalized spacial score (nSPS) is 22.6. The van der Waals surface area contributed by atoms with Crippen molar-refractivity contribution in [1.29, 1.82) is 0 Å². The van der Waals surface area contributed by atoms with Gasteiger partial charge in [0, 0.05) is 31.1 Å². The second-order valence-electron chi connectivity index (χ2n) is 6.32. The van der Waals surface area contributed by atoms with Gasteiger partial charge in [-0.15, -0.1) is 11.3 Å². The van der Waals surface area contributed by atoms with Crippen molar-refractivity contribution >= 4 is 11.3 Å². The number of fused-ring (bicyclic) bond motifs is 1. The molecule has 0 amide bonds. The van der Waals surface area contributed by atoms with Gasteiger partial charge in [0.15, 0.2) is 0 Å². The lowest BCUT2D eigenvalue weighted by molar-refractivity contribution is 0.138. The quantitative estimate of drug-likeness (QED) is 0.889. The summed E-state index contributed by atoms with van der Waals surface area (Å²) in [6, 6.07) is 2.33. The minimum absolute atomic E-state index is 0.559. The zero-order chi connectivity index (χ0) is 13.1. The molecule has 1 aliphatic heterocycles. The van der Waals surface area contributed by atoms with Crippen LogP contribution in [0.15, 0.2) is 11.4 Å². The van der Waals surface area contributed by atoms with E-state index in [9.17, 15) is 0 Å². The predicted molar refractivity (Wildman–Crippen MR) is 82.7 cm³/mol. The second-order valence-corrected chi connectivity index (χ2v) is 7.32. The van der Waals surface area contributed by atoms with E-state index in [1.54, 1.807) is 10.4 Å². The van der Waals surface area contributed by atoms with Gasteiger partial charge in [-0.05, 0) is 48.2 Å². The van der Waals surface area contributed by atoms with E-state index in [-0.39, 0.29) is 0 Å². The van der Waals surface area contributed by atoms with Crippen LogP contribution < -0.4 is 5.32 Å². The molecule has 106 valence electrons. The van der Waals surface area contributed by atoms with Crippen LogP contribution in [0.25, 0.3) is 0 Å². The lowest BCUT2D eigenvalue weighted by atomic mass is 9.85. The first-order valence-electron chi connectivity index (χ1n) is 7.80. The van der Waals surface area contributed by atoms with Crippen LogP contribution in [-0.2, 0) is 13.0 Å². The molecule has 1 N–H and O–H groups in total. The minimum atomic E-state index is 0.559. The van der Waals surface area contributed by atoms with Crippen molar-refractivity contribution in [2.24, 2.45) is 5.41 Å². The van der Waals surface area contributed by atoms with Crippen LogP contribution >= 0.6 is 11.3 Å². The first-order chi connectivity index (χ1) is 9.31. The van der Waals surface area contributed by atoms with Crippen molar-refractivity contribution < 1.29 is 0 Å². The summed E-state index contributed by atoms with van der Waals surface area (Å²) in [5.41, 5.74) is 2.15. The third kappa shape index (κ3) is 3.04. The highest BCUT2D eigenvalue weighted by Crippen LogP contribution is 2.39. The van der Waals surface area contributed by atoms with E-state index in [2.05, 4.69) is 28.6 Å². The second kappa shape index (κ2) is 5.94. The molecule has 1 aliphatic carbocycles. The number of hydrogen-bond acceptors (Lipinski definition) is 3. The third-order valence-electron chi connectivity index (χ3n) is 4.86. The van der Waals surface area contributed by atoms with Gasteiger partial charge in [0.1, 0.15) is 0 Å². The van der Waals surface area contributed by atoms with E-state index in [4.69, 9.17) is 0 Å². The van der Waals surface area contributed by atoms with E-state index < -0.39 is 0 Å². The summed E-state index contributed by atoms with van der Waals surface area (Å²) in [6.45, 7) is 8.30. The van der Waals surface area contributed by atoms with Crippen LogP contribution in [0.1, 0.15) is 43.0 Å². The number of nitrogens with zero attached hydrogens (tertiary/aromatic N) is 1. The Morgan fingerprint density at radius 2 is 2.21 bits per heavy atom. The molecule has 19 heavy (non-hydrogen) atoms. The van der Waals surface area contributed by atoms with Crippen LogP contribution in [0.3, 0.4) is 0 Å². The molecule has 2 heterocycles. The monoisotopic (exact) mass is 278 g/mol. The average molecular weight is 278 g/mol. The number of hydrogen-bond donors (Lipinski definition) is 1. The molecule has 1 fully saturated rings. The average Bonchev–Trinajstić information content (AvgIpc) is 3.05. The highest BCUT2D eigenvalue weighted by Gasteiger charge is 2.35. The van der Waals surface area contributed by atoms with Gasteiger partial charge in [0.2, 0.25) is 0 Å². The van der Waals surface area contributed by atoms with E-state index in [1.165, 1.54) is 58.3 Å².